The highest BCUT2D eigenvalue weighted by Gasteiger charge is 2.36. The maximum Gasteiger partial charge on any atom is 0.191 e. The normalized spacial score (nSPS) is 17.3. The number of rotatable bonds is 6. The Bertz CT molecular complexity index is 502. The minimum atomic E-state index is -1.58. The van der Waals surface area contributed by atoms with E-state index in [0.29, 0.717) is 10.9 Å². The molecule has 1 aromatic heterocycles. The van der Waals surface area contributed by atoms with Crippen LogP contribution in [-0.2, 0) is 4.43 Å². The third-order valence-electron chi connectivity index (χ3n) is 5.78. The van der Waals surface area contributed by atoms with Crippen molar-refractivity contribution >= 4 is 19.8 Å². The fourth-order valence-electron chi connectivity index (χ4n) is 2.98. The van der Waals surface area contributed by atoms with Crippen LogP contribution in [0.4, 0.5) is 11.5 Å². The van der Waals surface area contributed by atoms with Crippen molar-refractivity contribution < 1.29 is 4.43 Å². The number of piperidine rings is 1. The van der Waals surface area contributed by atoms with E-state index in [9.17, 15) is 0 Å². The fraction of sp³-hybridized carbons (Fsp3) is 0.737. The first kappa shape index (κ1) is 19.3. The first-order valence-electron chi connectivity index (χ1n) is 9.29. The van der Waals surface area contributed by atoms with Crippen LogP contribution in [0.2, 0.25) is 18.1 Å². The molecule has 24 heavy (non-hydrogen) atoms. The molecule has 2 N–H and O–H groups in total. The highest BCUT2D eigenvalue weighted by Crippen LogP contribution is 2.36. The lowest BCUT2D eigenvalue weighted by Gasteiger charge is -2.36. The van der Waals surface area contributed by atoms with Gasteiger partial charge in [0.2, 0.25) is 0 Å². The van der Waals surface area contributed by atoms with E-state index in [1.54, 1.807) is 0 Å². The molecule has 0 bridgehead atoms. The lowest BCUT2D eigenvalue weighted by molar-refractivity contribution is 0.259. The monoisotopic (exact) mass is 349 g/mol. The summed E-state index contributed by atoms with van der Waals surface area (Å²) in [6.45, 7) is 14.8. The van der Waals surface area contributed by atoms with Crippen LogP contribution in [0, 0.1) is 5.92 Å². The highest BCUT2D eigenvalue weighted by atomic mass is 28.4. The number of aromatic nitrogens is 1. The molecule has 136 valence electrons. The molecule has 0 aliphatic carbocycles. The van der Waals surface area contributed by atoms with Crippen molar-refractivity contribution in [3.63, 3.8) is 0 Å². The summed E-state index contributed by atoms with van der Waals surface area (Å²) in [6, 6.07) is 3.97. The summed E-state index contributed by atoms with van der Waals surface area (Å²) in [5.41, 5.74) is 6.86. The summed E-state index contributed by atoms with van der Waals surface area (Å²) >= 11 is 0. The summed E-state index contributed by atoms with van der Waals surface area (Å²) < 4.78 is 6.29. The van der Waals surface area contributed by atoms with E-state index >= 15 is 0 Å². The summed E-state index contributed by atoms with van der Waals surface area (Å²) in [4.78, 5) is 6.63. The Labute approximate surface area is 148 Å². The molecule has 1 saturated heterocycles. The van der Waals surface area contributed by atoms with Crippen molar-refractivity contribution in [1.82, 2.24) is 4.98 Å². The Hall–Kier alpha value is -1.07. The summed E-state index contributed by atoms with van der Waals surface area (Å²) in [5, 5.41) is 0.311. The number of nitrogens with zero attached hydrogens (tertiary/aromatic N) is 2. The Morgan fingerprint density at radius 3 is 2.46 bits per heavy atom. The standard InChI is InChI=1S/C19H35N3OSi/c1-19(2,3)24(4,5)23-14-6-7-16-10-12-22(13-11-16)17-8-9-18(20)21-15-17/h8-9,15-16H,6-7,10-14H2,1-5H3,(H2,20,21). The Morgan fingerprint density at radius 2 is 1.92 bits per heavy atom. The average Bonchev–Trinajstić information content (AvgIpc) is 2.52. The zero-order valence-electron chi connectivity index (χ0n) is 16.1. The summed E-state index contributed by atoms with van der Waals surface area (Å²) in [5.74, 6) is 1.43. The first-order valence-corrected chi connectivity index (χ1v) is 12.2. The van der Waals surface area contributed by atoms with Crippen LogP contribution in [0.25, 0.3) is 0 Å². The van der Waals surface area contributed by atoms with Crippen molar-refractivity contribution in [3.05, 3.63) is 18.3 Å². The van der Waals surface area contributed by atoms with E-state index in [1.807, 2.05) is 12.3 Å². The molecule has 1 aromatic rings. The third-order valence-corrected chi connectivity index (χ3v) is 10.3. The molecule has 1 aliphatic heterocycles. The van der Waals surface area contributed by atoms with E-state index in [1.165, 1.54) is 31.4 Å². The van der Waals surface area contributed by atoms with Gasteiger partial charge in [-0.25, -0.2) is 4.98 Å². The molecule has 0 unspecified atom stereocenters. The van der Waals surface area contributed by atoms with Crippen LogP contribution in [0.3, 0.4) is 0 Å². The third kappa shape index (κ3) is 5.21. The molecule has 1 fully saturated rings. The van der Waals surface area contributed by atoms with Crippen LogP contribution in [-0.4, -0.2) is 33.0 Å². The minimum absolute atomic E-state index is 0.311. The molecular weight excluding hydrogens is 314 g/mol. The fourth-order valence-corrected chi connectivity index (χ4v) is 4.07. The topological polar surface area (TPSA) is 51.4 Å². The molecule has 0 radical (unpaired) electrons. The lowest BCUT2D eigenvalue weighted by atomic mass is 9.92. The van der Waals surface area contributed by atoms with Crippen molar-refractivity contribution in [2.75, 3.05) is 30.3 Å². The van der Waals surface area contributed by atoms with Gasteiger partial charge in [0.25, 0.3) is 0 Å². The maximum atomic E-state index is 6.29. The van der Waals surface area contributed by atoms with Gasteiger partial charge in [-0.3, -0.25) is 0 Å². The highest BCUT2D eigenvalue weighted by molar-refractivity contribution is 6.74. The molecule has 2 heterocycles. The first-order chi connectivity index (χ1) is 11.2. The van der Waals surface area contributed by atoms with E-state index in [-0.39, 0.29) is 0 Å². The van der Waals surface area contributed by atoms with Gasteiger partial charge < -0.3 is 15.1 Å². The molecule has 5 heteroatoms. The van der Waals surface area contributed by atoms with Gasteiger partial charge in [0.05, 0.1) is 11.9 Å². The van der Waals surface area contributed by atoms with Crippen LogP contribution in [0.1, 0.15) is 46.5 Å². The number of anilines is 2. The van der Waals surface area contributed by atoms with Crippen molar-refractivity contribution in [2.24, 2.45) is 5.92 Å². The molecule has 2 rings (SSSR count). The number of nitrogen functional groups attached to an aromatic ring is 1. The zero-order chi connectivity index (χ0) is 17.8. The summed E-state index contributed by atoms with van der Waals surface area (Å²) in [6.07, 6.45) is 6.92. The van der Waals surface area contributed by atoms with Crippen molar-refractivity contribution in [2.45, 2.75) is 64.6 Å². The van der Waals surface area contributed by atoms with E-state index in [2.05, 4.69) is 49.8 Å². The Kier molecular flexibility index (Phi) is 6.32. The second kappa shape index (κ2) is 7.87. The van der Waals surface area contributed by atoms with Crippen LogP contribution in [0.5, 0.6) is 0 Å². The summed E-state index contributed by atoms with van der Waals surface area (Å²) in [7, 11) is -1.58. The predicted molar refractivity (Wildman–Crippen MR) is 106 cm³/mol. The lowest BCUT2D eigenvalue weighted by Crippen LogP contribution is -2.41. The van der Waals surface area contributed by atoms with E-state index in [0.717, 1.165) is 25.6 Å². The molecule has 0 aromatic carbocycles. The molecule has 4 nitrogen and oxygen atoms in total. The van der Waals surface area contributed by atoms with Crippen molar-refractivity contribution in [1.29, 1.82) is 0 Å². The van der Waals surface area contributed by atoms with E-state index < -0.39 is 8.32 Å². The number of pyridine rings is 1. The minimum Gasteiger partial charge on any atom is -0.417 e. The molecular formula is C19H35N3OSi. The quantitative estimate of drug-likeness (QED) is 0.598. The average molecular weight is 350 g/mol. The molecule has 0 atom stereocenters. The molecule has 0 saturated carbocycles. The number of hydrogen-bond acceptors (Lipinski definition) is 4. The van der Waals surface area contributed by atoms with Gasteiger partial charge in [-0.05, 0) is 61.9 Å². The predicted octanol–water partition coefficient (Wildman–Crippen LogP) is 4.68. The van der Waals surface area contributed by atoms with Crippen molar-refractivity contribution in [3.8, 4) is 0 Å². The van der Waals surface area contributed by atoms with Crippen LogP contribution >= 0.6 is 0 Å². The van der Waals surface area contributed by atoms with Crippen LogP contribution < -0.4 is 10.6 Å². The van der Waals surface area contributed by atoms with Gasteiger partial charge in [-0.15, -0.1) is 0 Å². The largest absolute Gasteiger partial charge is 0.417 e. The second-order valence-corrected chi connectivity index (χ2v) is 13.4. The van der Waals surface area contributed by atoms with Gasteiger partial charge >= 0.3 is 0 Å². The van der Waals surface area contributed by atoms with Gasteiger partial charge in [0.15, 0.2) is 8.32 Å². The maximum absolute atomic E-state index is 6.29. The van der Waals surface area contributed by atoms with E-state index in [4.69, 9.17) is 10.2 Å². The Morgan fingerprint density at radius 1 is 1.25 bits per heavy atom. The molecule has 0 amide bonds. The number of hydrogen-bond donors (Lipinski definition) is 1. The smallest absolute Gasteiger partial charge is 0.191 e. The second-order valence-electron chi connectivity index (χ2n) is 8.62. The zero-order valence-corrected chi connectivity index (χ0v) is 17.1. The van der Waals surface area contributed by atoms with Crippen LogP contribution in [0.15, 0.2) is 18.3 Å². The van der Waals surface area contributed by atoms with Gasteiger partial charge in [0, 0.05) is 19.7 Å². The van der Waals surface area contributed by atoms with Gasteiger partial charge in [0.1, 0.15) is 5.82 Å². The molecule has 1 aliphatic rings. The van der Waals surface area contributed by atoms with Gasteiger partial charge in [-0.1, -0.05) is 20.8 Å². The Balaban J connectivity index is 1.67. The SMILES string of the molecule is CC(C)(C)[Si](C)(C)OCCCC1CCN(c2ccc(N)nc2)CC1. The van der Waals surface area contributed by atoms with Gasteiger partial charge in [-0.2, -0.15) is 0 Å². The number of nitrogens with two attached hydrogens (primary N) is 1. The molecule has 0 spiro atoms.